The molecule has 0 bridgehead atoms. The van der Waals surface area contributed by atoms with Crippen molar-refractivity contribution in [1.82, 2.24) is 0 Å². The molecule has 0 aliphatic carbocycles. The lowest BCUT2D eigenvalue weighted by atomic mass is 9.99. The molecular formula is C19H20O4. The van der Waals surface area contributed by atoms with Gasteiger partial charge in [0.25, 0.3) is 0 Å². The molecule has 0 heterocycles. The highest BCUT2D eigenvalue weighted by Crippen LogP contribution is 2.18. The van der Waals surface area contributed by atoms with Gasteiger partial charge < -0.3 is 9.47 Å². The number of benzene rings is 2. The number of carbonyl (C=O) groups excluding carboxylic acids is 2. The van der Waals surface area contributed by atoms with Crippen molar-refractivity contribution >= 4 is 11.8 Å². The fraction of sp³-hybridized carbons (Fsp3) is 0.263. The van der Waals surface area contributed by atoms with E-state index >= 15 is 0 Å². The number of rotatable bonds is 5. The van der Waals surface area contributed by atoms with Crippen molar-refractivity contribution in [3.8, 4) is 5.75 Å². The average Bonchev–Trinajstić information content (AvgIpc) is 2.56. The molecule has 120 valence electrons. The summed E-state index contributed by atoms with van der Waals surface area (Å²) in [5, 5.41) is 0. The quantitative estimate of drug-likeness (QED) is 0.623. The fourth-order valence-corrected chi connectivity index (χ4v) is 2.27. The summed E-state index contributed by atoms with van der Waals surface area (Å²) in [4.78, 5) is 23.9. The van der Waals surface area contributed by atoms with Crippen molar-refractivity contribution in [2.45, 2.75) is 26.9 Å². The third-order valence-corrected chi connectivity index (χ3v) is 3.62. The van der Waals surface area contributed by atoms with Gasteiger partial charge in [-0.15, -0.1) is 0 Å². The minimum absolute atomic E-state index is 0.0664. The van der Waals surface area contributed by atoms with E-state index in [1.165, 1.54) is 7.11 Å². The molecule has 0 aromatic heterocycles. The average molecular weight is 312 g/mol. The van der Waals surface area contributed by atoms with Gasteiger partial charge in [0, 0.05) is 5.56 Å². The first-order chi connectivity index (χ1) is 10.9. The van der Waals surface area contributed by atoms with E-state index in [-0.39, 0.29) is 5.78 Å². The number of aryl methyl sites for hydroxylation is 2. The topological polar surface area (TPSA) is 52.6 Å². The molecule has 0 saturated carbocycles. The zero-order chi connectivity index (χ0) is 17.0. The van der Waals surface area contributed by atoms with E-state index < -0.39 is 12.1 Å². The van der Waals surface area contributed by atoms with Crippen molar-refractivity contribution in [2.75, 3.05) is 7.11 Å². The maximum atomic E-state index is 12.5. The van der Waals surface area contributed by atoms with E-state index in [0.717, 1.165) is 11.1 Å². The van der Waals surface area contributed by atoms with Crippen molar-refractivity contribution in [2.24, 2.45) is 0 Å². The Bertz CT molecular complexity index is 717. The first-order valence-electron chi connectivity index (χ1n) is 7.39. The second kappa shape index (κ2) is 7.09. The van der Waals surface area contributed by atoms with Crippen LogP contribution in [0.4, 0.5) is 0 Å². The largest absolute Gasteiger partial charge is 0.483 e. The monoisotopic (exact) mass is 312 g/mol. The zero-order valence-corrected chi connectivity index (χ0v) is 13.8. The summed E-state index contributed by atoms with van der Waals surface area (Å²) in [6, 6.07) is 12.3. The van der Waals surface area contributed by atoms with E-state index in [0.29, 0.717) is 16.9 Å². The Morgan fingerprint density at radius 1 is 1.00 bits per heavy atom. The normalized spacial score (nSPS) is 11.7. The van der Waals surface area contributed by atoms with Gasteiger partial charge in [-0.2, -0.15) is 0 Å². The van der Waals surface area contributed by atoms with Gasteiger partial charge in [0.1, 0.15) is 5.75 Å². The van der Waals surface area contributed by atoms with Gasteiger partial charge in [0.15, 0.2) is 6.10 Å². The maximum Gasteiger partial charge on any atom is 0.337 e. The lowest BCUT2D eigenvalue weighted by Crippen LogP contribution is -2.24. The molecule has 0 saturated heterocycles. The molecule has 2 aromatic carbocycles. The summed E-state index contributed by atoms with van der Waals surface area (Å²) in [6.07, 6.45) is -0.612. The summed E-state index contributed by atoms with van der Waals surface area (Å²) in [5.41, 5.74) is 3.07. The zero-order valence-electron chi connectivity index (χ0n) is 13.8. The molecule has 1 atom stereocenters. The standard InChI is InChI=1S/C19H20O4/c1-12-5-6-13(2)17(11-12)18(20)14(3)23-16-9-7-15(8-10-16)19(21)22-4/h5-11,14H,1-4H3/t14-/m0/s1. The van der Waals surface area contributed by atoms with Gasteiger partial charge in [0.05, 0.1) is 12.7 Å². The Balaban J connectivity index is 2.12. The molecule has 0 radical (unpaired) electrons. The molecule has 4 nitrogen and oxygen atoms in total. The molecular weight excluding hydrogens is 292 g/mol. The van der Waals surface area contributed by atoms with E-state index in [2.05, 4.69) is 4.74 Å². The molecule has 2 aromatic rings. The number of esters is 1. The molecule has 2 rings (SSSR count). The molecule has 0 spiro atoms. The Kier molecular flexibility index (Phi) is 5.16. The highest BCUT2D eigenvalue weighted by atomic mass is 16.5. The van der Waals surface area contributed by atoms with Crippen LogP contribution in [0.5, 0.6) is 5.75 Å². The van der Waals surface area contributed by atoms with Crippen molar-refractivity contribution in [3.63, 3.8) is 0 Å². The summed E-state index contributed by atoms with van der Waals surface area (Å²) in [6.45, 7) is 5.58. The van der Waals surface area contributed by atoms with Crippen LogP contribution in [-0.4, -0.2) is 25.0 Å². The minimum Gasteiger partial charge on any atom is -0.483 e. The fourth-order valence-electron chi connectivity index (χ4n) is 2.27. The van der Waals surface area contributed by atoms with Crippen LogP contribution in [-0.2, 0) is 4.74 Å². The van der Waals surface area contributed by atoms with Gasteiger partial charge in [-0.3, -0.25) is 4.79 Å². The first kappa shape index (κ1) is 16.7. The van der Waals surface area contributed by atoms with Gasteiger partial charge in [-0.05, 0) is 56.7 Å². The van der Waals surface area contributed by atoms with Crippen LogP contribution in [0.25, 0.3) is 0 Å². The predicted octanol–water partition coefficient (Wildman–Crippen LogP) is 3.74. The Hall–Kier alpha value is -2.62. The second-order valence-corrected chi connectivity index (χ2v) is 5.46. The van der Waals surface area contributed by atoms with Gasteiger partial charge in [0.2, 0.25) is 5.78 Å². The highest BCUT2D eigenvalue weighted by Gasteiger charge is 2.19. The number of ketones is 1. The highest BCUT2D eigenvalue weighted by molar-refractivity contribution is 6.00. The van der Waals surface area contributed by atoms with Crippen LogP contribution >= 0.6 is 0 Å². The summed E-state index contributed by atoms with van der Waals surface area (Å²) < 4.78 is 10.3. The third kappa shape index (κ3) is 3.97. The molecule has 0 N–H and O–H groups in total. The first-order valence-corrected chi connectivity index (χ1v) is 7.39. The van der Waals surface area contributed by atoms with Crippen molar-refractivity contribution in [3.05, 3.63) is 64.7 Å². The minimum atomic E-state index is -0.612. The molecule has 0 amide bonds. The van der Waals surface area contributed by atoms with E-state index in [4.69, 9.17) is 4.74 Å². The lowest BCUT2D eigenvalue weighted by molar-refractivity contribution is 0.0600. The van der Waals surface area contributed by atoms with Crippen LogP contribution in [0, 0.1) is 13.8 Å². The number of methoxy groups -OCH3 is 1. The van der Waals surface area contributed by atoms with Gasteiger partial charge in [-0.25, -0.2) is 4.79 Å². The smallest absolute Gasteiger partial charge is 0.337 e. The van der Waals surface area contributed by atoms with Crippen LogP contribution in [0.2, 0.25) is 0 Å². The van der Waals surface area contributed by atoms with E-state index in [9.17, 15) is 9.59 Å². The number of hydrogen-bond donors (Lipinski definition) is 0. The predicted molar refractivity (Wildman–Crippen MR) is 88.1 cm³/mol. The number of Topliss-reactive ketones (excluding diaryl/α,β-unsaturated/α-hetero) is 1. The number of ether oxygens (including phenoxy) is 2. The summed E-state index contributed by atoms with van der Waals surface area (Å²) in [7, 11) is 1.33. The van der Waals surface area contributed by atoms with E-state index in [1.54, 1.807) is 31.2 Å². The molecule has 4 heteroatoms. The van der Waals surface area contributed by atoms with Crippen molar-refractivity contribution < 1.29 is 19.1 Å². The molecule has 0 unspecified atom stereocenters. The van der Waals surface area contributed by atoms with Gasteiger partial charge >= 0.3 is 5.97 Å². The van der Waals surface area contributed by atoms with Crippen LogP contribution in [0.15, 0.2) is 42.5 Å². The molecule has 0 aliphatic heterocycles. The van der Waals surface area contributed by atoms with Crippen LogP contribution in [0.1, 0.15) is 38.8 Å². The number of hydrogen-bond acceptors (Lipinski definition) is 4. The maximum absolute atomic E-state index is 12.5. The van der Waals surface area contributed by atoms with Crippen molar-refractivity contribution in [1.29, 1.82) is 0 Å². The Morgan fingerprint density at radius 3 is 2.26 bits per heavy atom. The Morgan fingerprint density at radius 2 is 1.65 bits per heavy atom. The third-order valence-electron chi connectivity index (χ3n) is 3.62. The van der Waals surface area contributed by atoms with Crippen LogP contribution < -0.4 is 4.74 Å². The van der Waals surface area contributed by atoms with Crippen LogP contribution in [0.3, 0.4) is 0 Å². The van der Waals surface area contributed by atoms with Gasteiger partial charge in [-0.1, -0.05) is 17.7 Å². The molecule has 0 aliphatic rings. The summed E-state index contributed by atoms with van der Waals surface area (Å²) in [5.74, 6) is 0.0584. The SMILES string of the molecule is COC(=O)c1ccc(O[C@@H](C)C(=O)c2cc(C)ccc2C)cc1. The van der Waals surface area contributed by atoms with E-state index in [1.807, 2.05) is 32.0 Å². The number of carbonyl (C=O) groups is 2. The molecule has 23 heavy (non-hydrogen) atoms. The molecule has 0 fully saturated rings. The Labute approximate surface area is 136 Å². The lowest BCUT2D eigenvalue weighted by Gasteiger charge is -2.15. The summed E-state index contributed by atoms with van der Waals surface area (Å²) >= 11 is 0. The second-order valence-electron chi connectivity index (χ2n) is 5.46.